The molecule has 0 spiro atoms. The lowest BCUT2D eigenvalue weighted by Crippen LogP contribution is -1.98. The van der Waals surface area contributed by atoms with Gasteiger partial charge in [0.05, 0.1) is 0 Å². The second-order valence-corrected chi connectivity index (χ2v) is 4.86. The molecule has 0 saturated heterocycles. The molecule has 0 bridgehead atoms. The van der Waals surface area contributed by atoms with E-state index in [2.05, 4.69) is 43.5 Å². The van der Waals surface area contributed by atoms with Gasteiger partial charge in [0.15, 0.2) is 0 Å². The van der Waals surface area contributed by atoms with Gasteiger partial charge in [-0.25, -0.2) is 0 Å². The third kappa shape index (κ3) is 1.37. The van der Waals surface area contributed by atoms with Crippen LogP contribution in [0.3, 0.4) is 0 Å². The Morgan fingerprint density at radius 2 is 1.94 bits per heavy atom. The Hall–Kier alpha value is -1.56. The highest BCUT2D eigenvalue weighted by Gasteiger charge is 2.28. The summed E-state index contributed by atoms with van der Waals surface area (Å²) in [5, 5.41) is 0. The van der Waals surface area contributed by atoms with E-state index in [-0.39, 0.29) is 0 Å². The minimum Gasteiger partial charge on any atom is -0.0995 e. The first-order valence-electron chi connectivity index (χ1n) is 5.88. The van der Waals surface area contributed by atoms with Gasteiger partial charge in [0.2, 0.25) is 0 Å². The largest absolute Gasteiger partial charge is 0.0995 e. The van der Waals surface area contributed by atoms with Gasteiger partial charge in [-0.3, -0.25) is 0 Å². The number of allylic oxidation sites excluding steroid dienone is 4. The minimum absolute atomic E-state index is 0.524. The molecule has 1 fully saturated rings. The first-order chi connectivity index (χ1) is 7.75. The number of hydrogen-bond donors (Lipinski definition) is 0. The van der Waals surface area contributed by atoms with Crippen LogP contribution in [0.4, 0.5) is 0 Å². The minimum atomic E-state index is 0.524. The Labute approximate surface area is 97.0 Å². The molecule has 1 saturated carbocycles. The Kier molecular flexibility index (Phi) is 2.10. The lowest BCUT2D eigenvalue weighted by molar-refractivity contribution is 0.855. The SMILES string of the molecule is C=C1CC(=C)C(C2=CCc3ccccc32)C1. The van der Waals surface area contributed by atoms with Crippen LogP contribution < -0.4 is 0 Å². The molecule has 0 amide bonds. The van der Waals surface area contributed by atoms with E-state index < -0.39 is 0 Å². The van der Waals surface area contributed by atoms with Crippen molar-refractivity contribution in [1.29, 1.82) is 0 Å². The van der Waals surface area contributed by atoms with Crippen LogP contribution in [0.25, 0.3) is 5.57 Å². The van der Waals surface area contributed by atoms with Gasteiger partial charge in [0.1, 0.15) is 0 Å². The maximum Gasteiger partial charge on any atom is 0.00888 e. The average molecular weight is 208 g/mol. The van der Waals surface area contributed by atoms with E-state index in [9.17, 15) is 0 Å². The van der Waals surface area contributed by atoms with Crippen molar-refractivity contribution in [2.24, 2.45) is 5.92 Å². The molecule has 1 atom stereocenters. The van der Waals surface area contributed by atoms with E-state index in [1.807, 2.05) is 0 Å². The predicted octanol–water partition coefficient (Wildman–Crippen LogP) is 4.15. The fourth-order valence-electron chi connectivity index (χ4n) is 2.92. The quantitative estimate of drug-likeness (QED) is 0.608. The van der Waals surface area contributed by atoms with Gasteiger partial charge in [0.25, 0.3) is 0 Å². The van der Waals surface area contributed by atoms with Crippen LogP contribution in [0.5, 0.6) is 0 Å². The summed E-state index contributed by atoms with van der Waals surface area (Å²) in [6.45, 7) is 8.30. The Balaban J connectivity index is 1.99. The lowest BCUT2D eigenvalue weighted by Gasteiger charge is -2.14. The number of rotatable bonds is 1. The molecular weight excluding hydrogens is 192 g/mol. The number of hydrogen-bond acceptors (Lipinski definition) is 0. The molecule has 0 N–H and O–H groups in total. The van der Waals surface area contributed by atoms with Gasteiger partial charge in [-0.2, -0.15) is 0 Å². The molecule has 0 aliphatic heterocycles. The van der Waals surface area contributed by atoms with E-state index in [0.29, 0.717) is 5.92 Å². The summed E-state index contributed by atoms with van der Waals surface area (Å²) in [7, 11) is 0. The summed E-state index contributed by atoms with van der Waals surface area (Å²) < 4.78 is 0. The summed E-state index contributed by atoms with van der Waals surface area (Å²) in [5.74, 6) is 0.524. The molecule has 0 heterocycles. The van der Waals surface area contributed by atoms with Crippen molar-refractivity contribution in [2.75, 3.05) is 0 Å². The molecule has 1 unspecified atom stereocenters. The summed E-state index contributed by atoms with van der Waals surface area (Å²) in [4.78, 5) is 0. The summed E-state index contributed by atoms with van der Waals surface area (Å²) >= 11 is 0. The average Bonchev–Trinajstić information content (AvgIpc) is 2.81. The lowest BCUT2D eigenvalue weighted by atomic mass is 9.90. The van der Waals surface area contributed by atoms with E-state index >= 15 is 0 Å². The van der Waals surface area contributed by atoms with E-state index in [0.717, 1.165) is 19.3 Å². The molecule has 2 aliphatic rings. The standard InChI is InChI=1S/C16H16/c1-11-9-12(2)16(10-11)15-8-7-13-5-3-4-6-14(13)15/h3-6,8,16H,1-2,7,9-10H2. The predicted molar refractivity (Wildman–Crippen MR) is 69.1 cm³/mol. The fraction of sp³-hybridized carbons (Fsp3) is 0.250. The molecule has 1 aromatic carbocycles. The molecule has 0 heteroatoms. The summed E-state index contributed by atoms with van der Waals surface area (Å²) in [6, 6.07) is 8.72. The zero-order chi connectivity index (χ0) is 11.1. The van der Waals surface area contributed by atoms with Crippen molar-refractivity contribution >= 4 is 5.57 Å². The van der Waals surface area contributed by atoms with Crippen LogP contribution in [-0.4, -0.2) is 0 Å². The van der Waals surface area contributed by atoms with Crippen LogP contribution in [0, 0.1) is 5.92 Å². The second-order valence-electron chi connectivity index (χ2n) is 4.86. The molecular formula is C16H16. The molecule has 2 aliphatic carbocycles. The Morgan fingerprint density at radius 1 is 1.12 bits per heavy atom. The van der Waals surface area contributed by atoms with Crippen molar-refractivity contribution in [2.45, 2.75) is 19.3 Å². The van der Waals surface area contributed by atoms with Crippen LogP contribution in [0.15, 0.2) is 54.6 Å². The molecule has 0 aromatic heterocycles. The third-order valence-corrected chi connectivity index (χ3v) is 3.71. The van der Waals surface area contributed by atoms with Crippen molar-refractivity contribution in [3.05, 3.63) is 65.8 Å². The van der Waals surface area contributed by atoms with Gasteiger partial charge in [-0.1, -0.05) is 54.6 Å². The van der Waals surface area contributed by atoms with Gasteiger partial charge in [-0.05, 0) is 36.0 Å². The van der Waals surface area contributed by atoms with Crippen molar-refractivity contribution in [3.63, 3.8) is 0 Å². The highest BCUT2D eigenvalue weighted by molar-refractivity contribution is 5.77. The zero-order valence-electron chi connectivity index (χ0n) is 9.50. The third-order valence-electron chi connectivity index (χ3n) is 3.71. The first kappa shape index (κ1) is 9.65. The summed E-state index contributed by atoms with van der Waals surface area (Å²) in [6.07, 6.45) is 5.57. The fourth-order valence-corrected chi connectivity index (χ4v) is 2.92. The topological polar surface area (TPSA) is 0 Å². The number of benzene rings is 1. The van der Waals surface area contributed by atoms with E-state index in [4.69, 9.17) is 0 Å². The van der Waals surface area contributed by atoms with Crippen LogP contribution >= 0.6 is 0 Å². The molecule has 3 rings (SSSR count). The Morgan fingerprint density at radius 3 is 2.69 bits per heavy atom. The molecule has 0 nitrogen and oxygen atoms in total. The van der Waals surface area contributed by atoms with Gasteiger partial charge < -0.3 is 0 Å². The second kappa shape index (κ2) is 3.48. The van der Waals surface area contributed by atoms with Crippen LogP contribution in [0.1, 0.15) is 24.0 Å². The normalized spacial score (nSPS) is 23.5. The number of fused-ring (bicyclic) bond motifs is 1. The highest BCUT2D eigenvalue weighted by Crippen LogP contribution is 2.44. The van der Waals surface area contributed by atoms with Crippen LogP contribution in [-0.2, 0) is 6.42 Å². The molecule has 0 radical (unpaired) electrons. The van der Waals surface area contributed by atoms with Crippen molar-refractivity contribution in [1.82, 2.24) is 0 Å². The van der Waals surface area contributed by atoms with E-state index in [1.54, 1.807) is 0 Å². The van der Waals surface area contributed by atoms with Gasteiger partial charge in [0, 0.05) is 5.92 Å². The smallest absolute Gasteiger partial charge is 0.00888 e. The zero-order valence-corrected chi connectivity index (χ0v) is 9.50. The maximum atomic E-state index is 4.20. The van der Waals surface area contributed by atoms with E-state index in [1.165, 1.54) is 27.8 Å². The van der Waals surface area contributed by atoms with Gasteiger partial charge in [-0.15, -0.1) is 0 Å². The maximum absolute atomic E-state index is 4.20. The Bertz CT molecular complexity index is 503. The molecule has 80 valence electrons. The highest BCUT2D eigenvalue weighted by atomic mass is 14.3. The molecule has 1 aromatic rings. The first-order valence-corrected chi connectivity index (χ1v) is 5.88. The van der Waals surface area contributed by atoms with Crippen molar-refractivity contribution in [3.8, 4) is 0 Å². The van der Waals surface area contributed by atoms with Crippen molar-refractivity contribution < 1.29 is 0 Å². The molecule has 16 heavy (non-hydrogen) atoms. The van der Waals surface area contributed by atoms with Gasteiger partial charge >= 0.3 is 0 Å². The van der Waals surface area contributed by atoms with Crippen LogP contribution in [0.2, 0.25) is 0 Å². The monoisotopic (exact) mass is 208 g/mol. The summed E-state index contributed by atoms with van der Waals surface area (Å²) in [5.41, 5.74) is 7.05.